The zero-order chi connectivity index (χ0) is 15.6. The zero-order valence-corrected chi connectivity index (χ0v) is 12.4. The van der Waals surface area contributed by atoms with Crippen LogP contribution in [0.5, 0.6) is 0 Å². The maximum Gasteiger partial charge on any atom is 0.141 e. The summed E-state index contributed by atoms with van der Waals surface area (Å²) >= 11 is 5.77. The molecule has 0 aliphatic heterocycles. The standard InChI is InChI=1S/C16H15ClF3N/c1-3-21-16(10-5-7-12(18)11(17)8-10)14-13(19)6-4-9(2)15(14)20/h4-8,16,21H,3H2,1-2H3. The Kier molecular flexibility index (Phi) is 4.91. The molecule has 2 rings (SSSR count). The zero-order valence-electron chi connectivity index (χ0n) is 11.7. The first-order valence-corrected chi connectivity index (χ1v) is 6.96. The van der Waals surface area contributed by atoms with Gasteiger partial charge in [0.15, 0.2) is 0 Å². The Balaban J connectivity index is 2.58. The summed E-state index contributed by atoms with van der Waals surface area (Å²) in [7, 11) is 0. The second kappa shape index (κ2) is 6.50. The van der Waals surface area contributed by atoms with Crippen molar-refractivity contribution in [1.29, 1.82) is 0 Å². The van der Waals surface area contributed by atoms with Crippen molar-refractivity contribution in [3.63, 3.8) is 0 Å². The quantitative estimate of drug-likeness (QED) is 0.857. The fraction of sp³-hybridized carbons (Fsp3) is 0.250. The number of aryl methyl sites for hydroxylation is 1. The van der Waals surface area contributed by atoms with Crippen LogP contribution >= 0.6 is 11.6 Å². The Hall–Kier alpha value is -1.52. The maximum absolute atomic E-state index is 14.3. The van der Waals surface area contributed by atoms with Gasteiger partial charge in [0.1, 0.15) is 17.5 Å². The molecule has 0 bridgehead atoms. The van der Waals surface area contributed by atoms with Crippen LogP contribution in [-0.4, -0.2) is 6.54 Å². The van der Waals surface area contributed by atoms with E-state index in [9.17, 15) is 13.2 Å². The third kappa shape index (κ3) is 3.22. The fourth-order valence-corrected chi connectivity index (χ4v) is 2.41. The van der Waals surface area contributed by atoms with Crippen molar-refractivity contribution in [2.45, 2.75) is 19.9 Å². The third-order valence-corrected chi connectivity index (χ3v) is 3.58. The minimum atomic E-state index is -0.729. The molecule has 2 aromatic carbocycles. The molecule has 1 N–H and O–H groups in total. The number of rotatable bonds is 4. The predicted molar refractivity (Wildman–Crippen MR) is 78.0 cm³/mol. The van der Waals surface area contributed by atoms with Gasteiger partial charge in [0.05, 0.1) is 11.1 Å². The van der Waals surface area contributed by atoms with Gasteiger partial charge in [0, 0.05) is 5.56 Å². The Morgan fingerprint density at radius 1 is 1.10 bits per heavy atom. The second-order valence-corrected chi connectivity index (χ2v) is 5.16. The first-order chi connectivity index (χ1) is 9.95. The summed E-state index contributed by atoms with van der Waals surface area (Å²) in [6.45, 7) is 3.88. The highest BCUT2D eigenvalue weighted by Gasteiger charge is 2.23. The molecule has 0 fully saturated rings. The van der Waals surface area contributed by atoms with Gasteiger partial charge >= 0.3 is 0 Å². The molecular formula is C16H15ClF3N. The van der Waals surface area contributed by atoms with Crippen LogP contribution in [0.3, 0.4) is 0 Å². The second-order valence-electron chi connectivity index (χ2n) is 4.76. The van der Waals surface area contributed by atoms with Gasteiger partial charge in [-0.25, -0.2) is 13.2 Å². The Morgan fingerprint density at radius 3 is 2.38 bits per heavy atom. The molecule has 0 amide bonds. The van der Waals surface area contributed by atoms with E-state index < -0.39 is 23.5 Å². The van der Waals surface area contributed by atoms with Crippen molar-refractivity contribution in [3.05, 3.63) is 69.5 Å². The van der Waals surface area contributed by atoms with E-state index in [1.165, 1.54) is 30.3 Å². The lowest BCUT2D eigenvalue weighted by Gasteiger charge is -2.21. The van der Waals surface area contributed by atoms with E-state index in [0.29, 0.717) is 17.7 Å². The first-order valence-electron chi connectivity index (χ1n) is 6.58. The molecule has 0 aromatic heterocycles. The van der Waals surface area contributed by atoms with Crippen LogP contribution in [0.2, 0.25) is 5.02 Å². The van der Waals surface area contributed by atoms with E-state index in [4.69, 9.17) is 11.6 Å². The SMILES string of the molecule is CCNC(c1ccc(F)c(Cl)c1)c1c(F)ccc(C)c1F. The van der Waals surface area contributed by atoms with Crippen LogP contribution in [0, 0.1) is 24.4 Å². The van der Waals surface area contributed by atoms with Gasteiger partial charge in [0.2, 0.25) is 0 Å². The van der Waals surface area contributed by atoms with Crippen LogP contribution in [0.25, 0.3) is 0 Å². The highest BCUT2D eigenvalue weighted by Crippen LogP contribution is 2.30. The Morgan fingerprint density at radius 2 is 1.76 bits per heavy atom. The Bertz CT molecular complexity index is 658. The highest BCUT2D eigenvalue weighted by molar-refractivity contribution is 6.30. The minimum absolute atomic E-state index is 0.0797. The van der Waals surface area contributed by atoms with Crippen LogP contribution in [0.1, 0.15) is 29.7 Å². The number of halogens is 4. The van der Waals surface area contributed by atoms with Gasteiger partial charge in [-0.05, 0) is 42.8 Å². The lowest BCUT2D eigenvalue weighted by atomic mass is 9.96. The summed E-state index contributed by atoms with van der Waals surface area (Å²) in [5.74, 6) is -1.83. The van der Waals surface area contributed by atoms with Crippen LogP contribution < -0.4 is 5.32 Å². The van der Waals surface area contributed by atoms with Gasteiger partial charge in [-0.1, -0.05) is 30.7 Å². The van der Waals surface area contributed by atoms with E-state index >= 15 is 0 Å². The van der Waals surface area contributed by atoms with Gasteiger partial charge in [0.25, 0.3) is 0 Å². The number of hydrogen-bond donors (Lipinski definition) is 1. The normalized spacial score (nSPS) is 12.5. The van der Waals surface area contributed by atoms with E-state index in [2.05, 4.69) is 5.32 Å². The number of benzene rings is 2. The molecule has 0 saturated carbocycles. The van der Waals surface area contributed by atoms with E-state index in [1.54, 1.807) is 6.92 Å². The molecule has 0 heterocycles. The summed E-state index contributed by atoms with van der Waals surface area (Å²) < 4.78 is 41.7. The van der Waals surface area contributed by atoms with Gasteiger partial charge in [-0.3, -0.25) is 0 Å². The molecule has 2 aromatic rings. The monoisotopic (exact) mass is 313 g/mol. The topological polar surface area (TPSA) is 12.0 Å². The molecule has 112 valence electrons. The van der Waals surface area contributed by atoms with Crippen molar-refractivity contribution >= 4 is 11.6 Å². The van der Waals surface area contributed by atoms with E-state index in [-0.39, 0.29) is 10.6 Å². The van der Waals surface area contributed by atoms with Crippen molar-refractivity contribution in [2.24, 2.45) is 0 Å². The summed E-state index contributed by atoms with van der Waals surface area (Å²) in [6.07, 6.45) is 0. The summed E-state index contributed by atoms with van der Waals surface area (Å²) in [5, 5.41) is 2.93. The highest BCUT2D eigenvalue weighted by atomic mass is 35.5. The van der Waals surface area contributed by atoms with Crippen molar-refractivity contribution in [1.82, 2.24) is 5.32 Å². The molecule has 1 atom stereocenters. The molecule has 0 aliphatic carbocycles. The van der Waals surface area contributed by atoms with Gasteiger partial charge < -0.3 is 5.32 Å². The molecule has 0 aliphatic rings. The van der Waals surface area contributed by atoms with E-state index in [0.717, 1.165) is 0 Å². The molecule has 0 radical (unpaired) electrons. The third-order valence-electron chi connectivity index (χ3n) is 3.29. The summed E-state index contributed by atoms with van der Waals surface area (Å²) in [4.78, 5) is 0. The van der Waals surface area contributed by atoms with Gasteiger partial charge in [-0.2, -0.15) is 0 Å². The molecule has 0 saturated heterocycles. The largest absolute Gasteiger partial charge is 0.306 e. The molecular weight excluding hydrogens is 299 g/mol. The lowest BCUT2D eigenvalue weighted by Crippen LogP contribution is -2.24. The first kappa shape index (κ1) is 15.9. The van der Waals surface area contributed by atoms with Crippen LogP contribution in [-0.2, 0) is 0 Å². The minimum Gasteiger partial charge on any atom is -0.306 e. The average molecular weight is 314 g/mol. The number of nitrogens with one attached hydrogen (secondary N) is 1. The predicted octanol–water partition coefficient (Wildman–Crippen LogP) is 4.76. The van der Waals surface area contributed by atoms with Gasteiger partial charge in [-0.15, -0.1) is 0 Å². The van der Waals surface area contributed by atoms with Crippen LogP contribution in [0.4, 0.5) is 13.2 Å². The van der Waals surface area contributed by atoms with Crippen molar-refractivity contribution in [2.75, 3.05) is 6.54 Å². The van der Waals surface area contributed by atoms with Crippen molar-refractivity contribution in [3.8, 4) is 0 Å². The number of hydrogen-bond acceptors (Lipinski definition) is 1. The fourth-order valence-electron chi connectivity index (χ4n) is 2.23. The van der Waals surface area contributed by atoms with Crippen molar-refractivity contribution < 1.29 is 13.2 Å². The Labute approximate surface area is 126 Å². The molecule has 0 spiro atoms. The summed E-state index contributed by atoms with van der Waals surface area (Å²) in [5.41, 5.74) is 0.772. The summed E-state index contributed by atoms with van der Waals surface area (Å²) in [6, 6.07) is 5.92. The molecule has 1 nitrogen and oxygen atoms in total. The smallest absolute Gasteiger partial charge is 0.141 e. The average Bonchev–Trinajstić information content (AvgIpc) is 2.45. The maximum atomic E-state index is 14.3. The molecule has 1 unspecified atom stereocenters. The van der Waals surface area contributed by atoms with Crippen LogP contribution in [0.15, 0.2) is 30.3 Å². The lowest BCUT2D eigenvalue weighted by molar-refractivity contribution is 0.506. The molecule has 5 heteroatoms. The van der Waals surface area contributed by atoms with E-state index in [1.807, 2.05) is 6.92 Å². The molecule has 21 heavy (non-hydrogen) atoms.